The molecule has 6 heteroatoms. The van der Waals surface area contributed by atoms with Crippen LogP contribution < -0.4 is 10.1 Å². The predicted octanol–water partition coefficient (Wildman–Crippen LogP) is 3.41. The Bertz CT molecular complexity index is 774. The number of aryl methyl sites for hydroxylation is 2. The van der Waals surface area contributed by atoms with Crippen LogP contribution in [0.1, 0.15) is 35.6 Å². The van der Waals surface area contributed by atoms with Gasteiger partial charge in [-0.1, -0.05) is 35.9 Å². The van der Waals surface area contributed by atoms with E-state index < -0.39 is 17.8 Å². The first kappa shape index (κ1) is 19.4. The van der Waals surface area contributed by atoms with Crippen LogP contribution in [0.15, 0.2) is 42.5 Å². The maximum Gasteiger partial charge on any atom is 0.330 e. The third-order valence-electron chi connectivity index (χ3n) is 4.05. The van der Waals surface area contributed by atoms with Crippen LogP contribution in [0.5, 0.6) is 5.75 Å². The topological polar surface area (TPSA) is 75.6 Å². The number of carbonyl (C=O) groups is 2. The lowest BCUT2D eigenvalue weighted by molar-refractivity contribution is -0.142. The highest BCUT2D eigenvalue weighted by molar-refractivity contribution is 5.84. The fraction of sp³-hybridized carbons (Fsp3) is 0.300. The number of methoxy groups -OCH3 is 1. The first-order valence-electron chi connectivity index (χ1n) is 8.32. The van der Waals surface area contributed by atoms with Crippen molar-refractivity contribution in [3.8, 4) is 5.75 Å². The number of amides is 1. The molecule has 1 atom stereocenters. The first-order valence-corrected chi connectivity index (χ1v) is 8.32. The summed E-state index contributed by atoms with van der Waals surface area (Å²) in [6.07, 6.45) is 1.51. The summed E-state index contributed by atoms with van der Waals surface area (Å²) in [7, 11) is 1.32. The van der Waals surface area contributed by atoms with Gasteiger partial charge in [-0.3, -0.25) is 4.79 Å². The number of hydrogen-bond donors (Lipinski definition) is 2. The number of rotatable bonds is 8. The largest absolute Gasteiger partial charge is 0.494 e. The number of ether oxygens (including phenoxy) is 1. The Hall–Kier alpha value is -2.89. The van der Waals surface area contributed by atoms with E-state index in [9.17, 15) is 19.1 Å². The zero-order valence-electron chi connectivity index (χ0n) is 14.8. The van der Waals surface area contributed by atoms with Crippen molar-refractivity contribution in [2.75, 3.05) is 7.11 Å². The average molecular weight is 359 g/mol. The second-order valence-electron chi connectivity index (χ2n) is 6.07. The van der Waals surface area contributed by atoms with E-state index in [-0.39, 0.29) is 23.6 Å². The predicted molar refractivity (Wildman–Crippen MR) is 95.6 cm³/mol. The smallest absolute Gasteiger partial charge is 0.330 e. The molecule has 0 aliphatic heterocycles. The van der Waals surface area contributed by atoms with Gasteiger partial charge < -0.3 is 15.2 Å². The monoisotopic (exact) mass is 359 g/mol. The van der Waals surface area contributed by atoms with Crippen LogP contribution in [0, 0.1) is 12.7 Å². The van der Waals surface area contributed by atoms with E-state index >= 15 is 0 Å². The SMILES string of the molecule is COc1ccc(C(NC(=O)CCCc2ccc(C)cc2)C(=O)O)cc1F. The highest BCUT2D eigenvalue weighted by Crippen LogP contribution is 2.22. The number of hydrogen-bond acceptors (Lipinski definition) is 3. The molecule has 2 aromatic carbocycles. The van der Waals surface area contributed by atoms with Gasteiger partial charge in [0, 0.05) is 6.42 Å². The first-order chi connectivity index (χ1) is 12.4. The van der Waals surface area contributed by atoms with E-state index in [1.165, 1.54) is 24.8 Å². The van der Waals surface area contributed by atoms with Gasteiger partial charge in [0.1, 0.15) is 0 Å². The molecular formula is C20H22FNO4. The van der Waals surface area contributed by atoms with Crippen LogP contribution in [0.3, 0.4) is 0 Å². The summed E-state index contributed by atoms with van der Waals surface area (Å²) >= 11 is 0. The van der Waals surface area contributed by atoms with Gasteiger partial charge in [-0.2, -0.15) is 0 Å². The lowest BCUT2D eigenvalue weighted by Gasteiger charge is -2.16. The van der Waals surface area contributed by atoms with Crippen LogP contribution >= 0.6 is 0 Å². The molecule has 0 spiro atoms. The summed E-state index contributed by atoms with van der Waals surface area (Å²) in [5.41, 5.74) is 2.45. The van der Waals surface area contributed by atoms with Gasteiger partial charge in [-0.25, -0.2) is 9.18 Å². The van der Waals surface area contributed by atoms with E-state index in [4.69, 9.17) is 4.74 Å². The van der Waals surface area contributed by atoms with E-state index in [0.717, 1.165) is 18.1 Å². The summed E-state index contributed by atoms with van der Waals surface area (Å²) < 4.78 is 18.6. The Morgan fingerprint density at radius 2 is 1.88 bits per heavy atom. The zero-order valence-corrected chi connectivity index (χ0v) is 14.8. The number of carbonyl (C=O) groups excluding carboxylic acids is 1. The number of aliphatic carboxylic acids is 1. The minimum Gasteiger partial charge on any atom is -0.494 e. The van der Waals surface area contributed by atoms with Gasteiger partial charge in [0.15, 0.2) is 17.6 Å². The third-order valence-corrected chi connectivity index (χ3v) is 4.05. The number of carboxylic acid groups (broad SMARTS) is 1. The van der Waals surface area contributed by atoms with Crippen LogP contribution in [0.25, 0.3) is 0 Å². The molecule has 5 nitrogen and oxygen atoms in total. The minimum absolute atomic E-state index is 0.0160. The standard InChI is InChI=1S/C20H22FNO4/c1-13-6-8-14(9-7-13)4-3-5-18(23)22-19(20(24)25)15-10-11-17(26-2)16(21)12-15/h6-12,19H,3-5H2,1-2H3,(H,22,23)(H,24,25). The third kappa shape index (κ3) is 5.31. The van der Waals surface area contributed by atoms with Crippen LogP contribution in [-0.4, -0.2) is 24.1 Å². The zero-order chi connectivity index (χ0) is 19.1. The summed E-state index contributed by atoms with van der Waals surface area (Å²) in [5, 5.41) is 11.8. The molecule has 0 aromatic heterocycles. The fourth-order valence-electron chi connectivity index (χ4n) is 2.59. The molecule has 0 aliphatic carbocycles. The molecule has 1 unspecified atom stereocenters. The molecule has 0 radical (unpaired) electrons. The van der Waals surface area contributed by atoms with Crippen LogP contribution in [0.4, 0.5) is 4.39 Å². The molecule has 0 saturated heterocycles. The normalized spacial score (nSPS) is 11.7. The Morgan fingerprint density at radius 1 is 1.19 bits per heavy atom. The van der Waals surface area contributed by atoms with Gasteiger partial charge in [0.25, 0.3) is 0 Å². The van der Waals surface area contributed by atoms with E-state index in [0.29, 0.717) is 6.42 Å². The quantitative estimate of drug-likeness (QED) is 0.757. The van der Waals surface area contributed by atoms with E-state index in [1.54, 1.807) is 0 Å². The van der Waals surface area contributed by atoms with Crippen molar-refractivity contribution in [1.29, 1.82) is 0 Å². The maximum absolute atomic E-state index is 13.8. The van der Waals surface area contributed by atoms with Crippen molar-refractivity contribution in [2.45, 2.75) is 32.2 Å². The molecule has 0 saturated carbocycles. The summed E-state index contributed by atoms with van der Waals surface area (Å²) in [5.74, 6) is -2.30. The number of carboxylic acids is 1. The van der Waals surface area contributed by atoms with Crippen LogP contribution in [0.2, 0.25) is 0 Å². The molecule has 0 heterocycles. The fourth-order valence-corrected chi connectivity index (χ4v) is 2.59. The van der Waals surface area contributed by atoms with Crippen molar-refractivity contribution in [3.05, 3.63) is 65.0 Å². The van der Waals surface area contributed by atoms with Crippen LogP contribution in [-0.2, 0) is 16.0 Å². The Morgan fingerprint density at radius 3 is 2.46 bits per heavy atom. The maximum atomic E-state index is 13.8. The van der Waals surface area contributed by atoms with Gasteiger partial charge in [0.05, 0.1) is 7.11 Å². The molecule has 0 aliphatic rings. The van der Waals surface area contributed by atoms with Crippen molar-refractivity contribution in [2.24, 2.45) is 0 Å². The highest BCUT2D eigenvalue weighted by Gasteiger charge is 2.23. The molecule has 2 aromatic rings. The molecule has 138 valence electrons. The summed E-state index contributed by atoms with van der Waals surface area (Å²) in [4.78, 5) is 23.6. The molecule has 2 N–H and O–H groups in total. The highest BCUT2D eigenvalue weighted by atomic mass is 19.1. The van der Waals surface area contributed by atoms with Gasteiger partial charge in [-0.15, -0.1) is 0 Å². The Kier molecular flexibility index (Phi) is 6.72. The second kappa shape index (κ2) is 8.99. The molecule has 2 rings (SSSR count). The van der Waals surface area contributed by atoms with Crippen molar-refractivity contribution in [3.63, 3.8) is 0 Å². The molecule has 0 fully saturated rings. The van der Waals surface area contributed by atoms with Crippen molar-refractivity contribution < 1.29 is 23.8 Å². The number of halogens is 1. The van der Waals surface area contributed by atoms with Crippen molar-refractivity contribution in [1.82, 2.24) is 5.32 Å². The lowest BCUT2D eigenvalue weighted by Crippen LogP contribution is -2.33. The van der Waals surface area contributed by atoms with Crippen molar-refractivity contribution >= 4 is 11.9 Å². The molecule has 26 heavy (non-hydrogen) atoms. The summed E-state index contributed by atoms with van der Waals surface area (Å²) in [6.45, 7) is 2.01. The number of benzene rings is 2. The van der Waals surface area contributed by atoms with Gasteiger partial charge >= 0.3 is 5.97 Å². The summed E-state index contributed by atoms with van der Waals surface area (Å²) in [6, 6.07) is 10.5. The Labute approximate surface area is 151 Å². The van der Waals surface area contributed by atoms with E-state index in [2.05, 4.69) is 5.32 Å². The van der Waals surface area contributed by atoms with Gasteiger partial charge in [0.2, 0.25) is 5.91 Å². The minimum atomic E-state index is -1.30. The molecule has 0 bridgehead atoms. The van der Waals surface area contributed by atoms with E-state index in [1.807, 2.05) is 31.2 Å². The second-order valence-corrected chi connectivity index (χ2v) is 6.07. The lowest BCUT2D eigenvalue weighted by atomic mass is 10.0. The Balaban J connectivity index is 1.94. The molecular weight excluding hydrogens is 337 g/mol. The average Bonchev–Trinajstić information content (AvgIpc) is 2.61. The molecule has 1 amide bonds. The number of nitrogens with one attached hydrogen (secondary N) is 1. The van der Waals surface area contributed by atoms with Gasteiger partial charge in [-0.05, 0) is 43.0 Å².